The number of hydrogen-bond donors (Lipinski definition) is 0. The third-order valence-corrected chi connectivity index (χ3v) is 5.70. The zero-order valence-corrected chi connectivity index (χ0v) is 16.9. The Hall–Kier alpha value is -3.11. The van der Waals surface area contributed by atoms with Crippen LogP contribution in [0, 0.1) is 11.6 Å². The van der Waals surface area contributed by atoms with E-state index in [1.165, 1.54) is 18.2 Å². The summed E-state index contributed by atoms with van der Waals surface area (Å²) in [5, 5.41) is 1.05. The number of hydrogen-bond acceptors (Lipinski definition) is 1. The van der Waals surface area contributed by atoms with Gasteiger partial charge >= 0.3 is 6.18 Å². The van der Waals surface area contributed by atoms with Crippen molar-refractivity contribution >= 4 is 8.19 Å². The maximum absolute atomic E-state index is 15.0. The van der Waals surface area contributed by atoms with Gasteiger partial charge in [0.25, 0.3) is 0 Å². The second-order valence-corrected chi connectivity index (χ2v) is 7.98. The molecule has 4 rings (SSSR count). The van der Waals surface area contributed by atoms with E-state index in [4.69, 9.17) is 0 Å². The largest absolute Gasteiger partial charge is 0.422 e. The summed E-state index contributed by atoms with van der Waals surface area (Å²) in [4.78, 5) is 4.37. The van der Waals surface area contributed by atoms with E-state index in [1.54, 1.807) is 30.3 Å². The number of aromatic nitrogens is 1. The van der Waals surface area contributed by atoms with E-state index >= 15 is 0 Å². The predicted molar refractivity (Wildman–Crippen MR) is 112 cm³/mol. The van der Waals surface area contributed by atoms with E-state index in [9.17, 15) is 22.0 Å². The molecule has 156 valence electrons. The van der Waals surface area contributed by atoms with Crippen molar-refractivity contribution in [2.75, 3.05) is 0 Å². The molecule has 0 fully saturated rings. The van der Waals surface area contributed by atoms with E-state index in [0.717, 1.165) is 19.6 Å². The lowest BCUT2D eigenvalue weighted by molar-refractivity contribution is -0.142. The van der Waals surface area contributed by atoms with Crippen LogP contribution in [0.2, 0.25) is 0 Å². The number of benzene rings is 2. The molecule has 0 N–H and O–H groups in total. The fourth-order valence-corrected chi connectivity index (χ4v) is 4.12. The number of alkyl halides is 3. The molecule has 0 saturated heterocycles. The van der Waals surface area contributed by atoms with Crippen LogP contribution in [0.5, 0.6) is 0 Å². The first-order valence-corrected chi connectivity index (χ1v) is 10.3. The second-order valence-electron chi connectivity index (χ2n) is 6.85. The molecule has 0 aliphatic rings. The molecule has 0 aliphatic carbocycles. The van der Waals surface area contributed by atoms with Gasteiger partial charge in [0.1, 0.15) is 17.2 Å². The molecule has 0 aliphatic heterocycles. The highest BCUT2D eigenvalue weighted by molar-refractivity contribution is 7.30. The highest BCUT2D eigenvalue weighted by atomic mass is 31.0. The van der Waals surface area contributed by atoms with Gasteiger partial charge in [-0.15, -0.1) is 0 Å². The van der Waals surface area contributed by atoms with Gasteiger partial charge in [0.05, 0.1) is 5.69 Å². The van der Waals surface area contributed by atoms with Crippen LogP contribution >= 0.6 is 8.19 Å². The lowest BCUT2D eigenvalue weighted by Crippen LogP contribution is -2.14. The predicted octanol–water partition coefficient (Wildman–Crippen LogP) is 7.88. The normalized spacial score (nSPS) is 11.8. The van der Waals surface area contributed by atoms with Crippen LogP contribution in [0.4, 0.5) is 22.0 Å². The summed E-state index contributed by atoms with van der Waals surface area (Å²) in [5.41, 5.74) is -1.81. The molecule has 7 heteroatoms. The summed E-state index contributed by atoms with van der Waals surface area (Å²) in [6, 6.07) is 19.3. The Morgan fingerprint density at radius 1 is 0.774 bits per heavy atom. The lowest BCUT2D eigenvalue weighted by atomic mass is 9.96. The molecule has 0 unspecified atom stereocenters. The topological polar surface area (TPSA) is 12.9 Å². The smallest absolute Gasteiger partial charge is 0.252 e. The third kappa shape index (κ3) is 4.49. The maximum Gasteiger partial charge on any atom is 0.422 e. The van der Waals surface area contributed by atoms with E-state index in [-0.39, 0.29) is 16.8 Å². The molecule has 0 saturated carbocycles. The van der Waals surface area contributed by atoms with Crippen molar-refractivity contribution in [1.29, 1.82) is 0 Å². The highest BCUT2D eigenvalue weighted by Gasteiger charge is 2.40. The van der Waals surface area contributed by atoms with Crippen molar-refractivity contribution in [1.82, 2.24) is 4.98 Å². The minimum atomic E-state index is -5.20. The zero-order chi connectivity index (χ0) is 22.0. The first-order valence-electron chi connectivity index (χ1n) is 9.35. The summed E-state index contributed by atoms with van der Waals surface area (Å²) in [5.74, 6) is -1.34. The molecule has 2 aromatic heterocycles. The molecule has 1 nitrogen and oxygen atoms in total. The third-order valence-electron chi connectivity index (χ3n) is 4.74. The average Bonchev–Trinajstić information content (AvgIpc) is 2.74. The van der Waals surface area contributed by atoms with Crippen LogP contribution in [0.15, 0.2) is 78.6 Å². The van der Waals surface area contributed by atoms with Gasteiger partial charge < -0.3 is 0 Å². The van der Waals surface area contributed by atoms with Gasteiger partial charge in [-0.1, -0.05) is 62.8 Å². The summed E-state index contributed by atoms with van der Waals surface area (Å²) in [7, 11) is 0.996. The molecule has 0 atom stereocenters. The maximum atomic E-state index is 15.0. The van der Waals surface area contributed by atoms with Crippen LogP contribution in [0.25, 0.3) is 22.4 Å². The Bertz CT molecular complexity index is 1210. The number of rotatable bonds is 4. The standard InChI is InChI=1S/C24H15F5NP/c25-22-18(15-7-2-1-3-8-15)14-19(23(26)21(22)24(27,28)29)20-11-6-9-16(30-20)13-17-10-4-5-12-31-17/h1-12,14H,13H2. The molecule has 0 radical (unpaired) electrons. The molecule has 0 spiro atoms. The van der Waals surface area contributed by atoms with Crippen molar-refractivity contribution < 1.29 is 22.0 Å². The molecule has 0 amide bonds. The van der Waals surface area contributed by atoms with Gasteiger partial charge in [-0.25, -0.2) is 8.78 Å². The van der Waals surface area contributed by atoms with Gasteiger partial charge in [0.2, 0.25) is 0 Å². The van der Waals surface area contributed by atoms with Crippen molar-refractivity contribution in [2.45, 2.75) is 12.6 Å². The second kappa shape index (κ2) is 8.56. The Morgan fingerprint density at radius 3 is 2.16 bits per heavy atom. The van der Waals surface area contributed by atoms with Crippen molar-refractivity contribution in [3.63, 3.8) is 0 Å². The summed E-state index contributed by atoms with van der Waals surface area (Å²) in [6.45, 7) is 0. The lowest BCUT2D eigenvalue weighted by Gasteiger charge is -2.16. The molecule has 0 bridgehead atoms. The number of halogens is 5. The molecular formula is C24H15F5NP. The summed E-state index contributed by atoms with van der Waals surface area (Å²) in [6.07, 6.45) is -4.73. The van der Waals surface area contributed by atoms with Gasteiger partial charge in [0.15, 0.2) is 0 Å². The fourth-order valence-electron chi connectivity index (χ4n) is 3.32. The zero-order valence-electron chi connectivity index (χ0n) is 16.0. The Kier molecular flexibility index (Phi) is 5.84. The number of nitrogens with zero attached hydrogens (tertiary/aromatic N) is 1. The average molecular weight is 443 g/mol. The van der Waals surface area contributed by atoms with Crippen LogP contribution in [0.1, 0.15) is 16.6 Å². The minimum Gasteiger partial charge on any atom is -0.252 e. The monoisotopic (exact) mass is 443 g/mol. The summed E-state index contributed by atoms with van der Waals surface area (Å²) >= 11 is 0. The number of pyridine rings is 1. The van der Waals surface area contributed by atoms with Crippen LogP contribution in [-0.4, -0.2) is 4.98 Å². The Balaban J connectivity index is 1.88. The Morgan fingerprint density at radius 2 is 1.48 bits per heavy atom. The van der Waals surface area contributed by atoms with Gasteiger partial charge in [0, 0.05) is 23.2 Å². The van der Waals surface area contributed by atoms with E-state index in [0.29, 0.717) is 12.1 Å². The molecule has 2 heterocycles. The Labute approximate surface area is 177 Å². The van der Waals surface area contributed by atoms with E-state index in [2.05, 4.69) is 4.98 Å². The van der Waals surface area contributed by atoms with Crippen LogP contribution < -0.4 is 0 Å². The van der Waals surface area contributed by atoms with Crippen molar-refractivity contribution in [3.05, 3.63) is 107 Å². The quantitative estimate of drug-likeness (QED) is 0.292. The molecule has 2 aromatic carbocycles. The first kappa shape index (κ1) is 21.1. The highest BCUT2D eigenvalue weighted by Crippen LogP contribution is 2.41. The van der Waals surface area contributed by atoms with E-state index < -0.39 is 28.9 Å². The van der Waals surface area contributed by atoms with E-state index in [1.807, 2.05) is 24.0 Å². The molecule has 4 aromatic rings. The van der Waals surface area contributed by atoms with Crippen molar-refractivity contribution in [3.8, 4) is 22.4 Å². The van der Waals surface area contributed by atoms with Gasteiger partial charge in [-0.2, -0.15) is 13.2 Å². The first-order chi connectivity index (χ1) is 14.8. The van der Waals surface area contributed by atoms with Crippen LogP contribution in [0.3, 0.4) is 0 Å². The van der Waals surface area contributed by atoms with Crippen molar-refractivity contribution in [2.24, 2.45) is 0 Å². The fraction of sp³-hybridized carbons (Fsp3) is 0.0833. The van der Waals surface area contributed by atoms with Crippen LogP contribution in [-0.2, 0) is 12.6 Å². The summed E-state index contributed by atoms with van der Waals surface area (Å²) < 4.78 is 70.5. The van der Waals surface area contributed by atoms with Gasteiger partial charge in [-0.3, -0.25) is 4.98 Å². The molecular weight excluding hydrogens is 428 g/mol. The van der Waals surface area contributed by atoms with Gasteiger partial charge in [-0.05, 0) is 34.9 Å². The molecule has 31 heavy (non-hydrogen) atoms. The SMILES string of the molecule is Fc1c(-c2ccccc2)cc(-c2cccc(Cc3ccccp3)n2)c(F)c1C(F)(F)F. The minimum absolute atomic E-state index is 0.0188.